The molecule has 4 rings (SSSR count). The largest absolute Gasteiger partial charge is 0.412 e. The standard InChI is InChI=1S/2C10H8N2.2H2O.Ru/c2*1-3-7-11-9(5-1)10-6-2-4-8-12-10;;;/h2*1-8H;2*1H2;. The predicted octanol–water partition coefficient (Wildman–Crippen LogP) is 2.64. The molecule has 4 N–H and O–H groups in total. The second kappa shape index (κ2) is 13.4. The minimum absolute atomic E-state index is 0. The van der Waals surface area contributed by atoms with Gasteiger partial charge in [0.25, 0.3) is 0 Å². The first-order valence-corrected chi connectivity index (χ1v) is 7.58. The van der Waals surface area contributed by atoms with E-state index < -0.39 is 0 Å². The molecule has 0 saturated carbocycles. The number of aromatic nitrogens is 4. The zero-order valence-corrected chi connectivity index (χ0v) is 16.1. The molecule has 0 fully saturated rings. The molecule has 0 atom stereocenters. The molecule has 7 heteroatoms. The Morgan fingerprint density at radius 2 is 0.593 bits per heavy atom. The van der Waals surface area contributed by atoms with E-state index in [1.807, 2.05) is 72.8 Å². The molecule has 0 aliphatic heterocycles. The Morgan fingerprint density at radius 3 is 0.741 bits per heavy atom. The van der Waals surface area contributed by atoms with Gasteiger partial charge in [-0.2, -0.15) is 0 Å². The first-order valence-electron chi connectivity index (χ1n) is 7.58. The minimum Gasteiger partial charge on any atom is -0.412 e. The van der Waals surface area contributed by atoms with E-state index in [4.69, 9.17) is 0 Å². The third-order valence-electron chi connectivity index (χ3n) is 3.18. The normalized spacial score (nSPS) is 8.59. The molecule has 0 aliphatic carbocycles. The zero-order chi connectivity index (χ0) is 16.5. The Bertz CT molecular complexity index is 702. The van der Waals surface area contributed by atoms with E-state index in [-0.39, 0.29) is 30.4 Å². The Labute approximate surface area is 170 Å². The third-order valence-corrected chi connectivity index (χ3v) is 3.18. The average Bonchev–Trinajstić information content (AvgIpc) is 2.71. The fourth-order valence-electron chi connectivity index (χ4n) is 2.06. The molecule has 0 unspecified atom stereocenters. The SMILES string of the molecule is O.O.[Ru].c1ccc(-c2ccccn2)nc1.c1ccc(-c2ccccn2)nc1. The molecule has 27 heavy (non-hydrogen) atoms. The maximum Gasteiger partial charge on any atom is 0.0886 e. The number of hydrogen-bond donors (Lipinski definition) is 0. The van der Waals surface area contributed by atoms with Crippen LogP contribution < -0.4 is 0 Å². The molecule has 4 heterocycles. The molecule has 0 radical (unpaired) electrons. The van der Waals surface area contributed by atoms with Crippen LogP contribution in [0, 0.1) is 0 Å². The molecule has 4 aromatic rings. The van der Waals surface area contributed by atoms with Gasteiger partial charge in [-0.1, -0.05) is 24.3 Å². The van der Waals surface area contributed by atoms with Crippen molar-refractivity contribution in [3.8, 4) is 22.8 Å². The molecule has 0 aliphatic rings. The summed E-state index contributed by atoms with van der Waals surface area (Å²) in [5.74, 6) is 0. The van der Waals surface area contributed by atoms with Gasteiger partial charge in [-0.25, -0.2) is 0 Å². The maximum absolute atomic E-state index is 4.19. The summed E-state index contributed by atoms with van der Waals surface area (Å²) in [6.45, 7) is 0. The predicted molar refractivity (Wildman–Crippen MR) is 102 cm³/mol. The first-order chi connectivity index (χ1) is 11.9. The molecule has 4 aromatic heterocycles. The van der Waals surface area contributed by atoms with Crippen LogP contribution in [0.1, 0.15) is 0 Å². The van der Waals surface area contributed by atoms with Crippen molar-refractivity contribution < 1.29 is 30.4 Å². The maximum atomic E-state index is 4.19. The van der Waals surface area contributed by atoms with Gasteiger partial charge in [0.2, 0.25) is 0 Å². The van der Waals surface area contributed by atoms with Gasteiger partial charge in [0.1, 0.15) is 0 Å². The van der Waals surface area contributed by atoms with Crippen LogP contribution in [0.15, 0.2) is 97.6 Å². The van der Waals surface area contributed by atoms with Crippen LogP contribution in [-0.4, -0.2) is 30.9 Å². The molecular formula is C20H20N4O2Ru. The molecule has 0 amide bonds. The fourth-order valence-corrected chi connectivity index (χ4v) is 2.06. The summed E-state index contributed by atoms with van der Waals surface area (Å²) in [5, 5.41) is 0. The first kappa shape index (κ1) is 24.1. The van der Waals surface area contributed by atoms with Crippen LogP contribution >= 0.6 is 0 Å². The minimum atomic E-state index is 0. The van der Waals surface area contributed by atoms with Crippen molar-refractivity contribution in [3.63, 3.8) is 0 Å². The summed E-state index contributed by atoms with van der Waals surface area (Å²) in [5.41, 5.74) is 3.66. The molecule has 0 aromatic carbocycles. The molecule has 0 saturated heterocycles. The Balaban J connectivity index is 0.000000451. The second-order valence-corrected chi connectivity index (χ2v) is 4.86. The Kier molecular flexibility index (Phi) is 11.9. The van der Waals surface area contributed by atoms with Gasteiger partial charge in [-0.05, 0) is 48.5 Å². The smallest absolute Gasteiger partial charge is 0.0886 e. The molecule has 0 spiro atoms. The topological polar surface area (TPSA) is 115 Å². The van der Waals surface area contributed by atoms with Crippen LogP contribution in [0.25, 0.3) is 22.8 Å². The van der Waals surface area contributed by atoms with Crippen molar-refractivity contribution in [1.82, 2.24) is 19.9 Å². The van der Waals surface area contributed by atoms with E-state index >= 15 is 0 Å². The summed E-state index contributed by atoms with van der Waals surface area (Å²) in [6.07, 6.45) is 7.07. The van der Waals surface area contributed by atoms with Gasteiger partial charge in [-0.15, -0.1) is 0 Å². The van der Waals surface area contributed by atoms with Gasteiger partial charge in [0.05, 0.1) is 22.8 Å². The van der Waals surface area contributed by atoms with Gasteiger partial charge in [0, 0.05) is 44.3 Å². The number of rotatable bonds is 2. The van der Waals surface area contributed by atoms with Crippen molar-refractivity contribution in [2.24, 2.45) is 0 Å². The van der Waals surface area contributed by atoms with E-state index in [1.54, 1.807) is 24.8 Å². The molecule has 0 bridgehead atoms. The number of hydrogen-bond acceptors (Lipinski definition) is 4. The van der Waals surface area contributed by atoms with Gasteiger partial charge >= 0.3 is 0 Å². The van der Waals surface area contributed by atoms with Crippen molar-refractivity contribution in [3.05, 3.63) is 97.6 Å². The molecule has 140 valence electrons. The van der Waals surface area contributed by atoms with E-state index in [0.717, 1.165) is 22.8 Å². The van der Waals surface area contributed by atoms with Gasteiger partial charge in [0.15, 0.2) is 0 Å². The molecule has 6 nitrogen and oxygen atoms in total. The van der Waals surface area contributed by atoms with Crippen LogP contribution in [0.5, 0.6) is 0 Å². The van der Waals surface area contributed by atoms with Crippen LogP contribution in [0.4, 0.5) is 0 Å². The van der Waals surface area contributed by atoms with E-state index in [9.17, 15) is 0 Å². The van der Waals surface area contributed by atoms with Crippen LogP contribution in [0.2, 0.25) is 0 Å². The van der Waals surface area contributed by atoms with Crippen molar-refractivity contribution in [1.29, 1.82) is 0 Å². The summed E-state index contributed by atoms with van der Waals surface area (Å²) in [4.78, 5) is 16.7. The van der Waals surface area contributed by atoms with E-state index in [1.165, 1.54) is 0 Å². The van der Waals surface area contributed by atoms with Crippen molar-refractivity contribution in [2.45, 2.75) is 0 Å². The fraction of sp³-hybridized carbons (Fsp3) is 0. The Morgan fingerprint density at radius 1 is 0.370 bits per heavy atom. The van der Waals surface area contributed by atoms with Crippen LogP contribution in [-0.2, 0) is 19.5 Å². The average molecular weight is 449 g/mol. The van der Waals surface area contributed by atoms with Gasteiger partial charge < -0.3 is 11.0 Å². The number of nitrogens with zero attached hydrogens (tertiary/aromatic N) is 4. The quantitative estimate of drug-likeness (QED) is 0.438. The summed E-state index contributed by atoms with van der Waals surface area (Å²) in [7, 11) is 0. The third kappa shape index (κ3) is 7.50. The van der Waals surface area contributed by atoms with Crippen molar-refractivity contribution >= 4 is 0 Å². The van der Waals surface area contributed by atoms with Crippen LogP contribution in [0.3, 0.4) is 0 Å². The summed E-state index contributed by atoms with van der Waals surface area (Å²) in [6, 6.07) is 23.2. The van der Waals surface area contributed by atoms with E-state index in [0.29, 0.717) is 0 Å². The number of pyridine rings is 4. The van der Waals surface area contributed by atoms with Crippen molar-refractivity contribution in [2.75, 3.05) is 0 Å². The second-order valence-electron chi connectivity index (χ2n) is 4.86. The zero-order valence-electron chi connectivity index (χ0n) is 14.4. The monoisotopic (exact) mass is 450 g/mol. The summed E-state index contributed by atoms with van der Waals surface area (Å²) < 4.78 is 0. The Hall–Kier alpha value is -2.86. The molecular weight excluding hydrogens is 429 g/mol. The van der Waals surface area contributed by atoms with Gasteiger partial charge in [-0.3, -0.25) is 19.9 Å². The summed E-state index contributed by atoms with van der Waals surface area (Å²) >= 11 is 0. The van der Waals surface area contributed by atoms with E-state index in [2.05, 4.69) is 19.9 Å².